The normalized spacial score (nSPS) is 11.3. The van der Waals surface area contributed by atoms with E-state index >= 15 is 0 Å². The second-order valence-corrected chi connectivity index (χ2v) is 5.89. The van der Waals surface area contributed by atoms with E-state index < -0.39 is 5.97 Å². The number of benzene rings is 1. The van der Waals surface area contributed by atoms with E-state index in [2.05, 4.69) is 0 Å². The molecule has 21 heavy (non-hydrogen) atoms. The second kappa shape index (κ2) is 6.12. The molecular formula is C17H21NO3. The van der Waals surface area contributed by atoms with Crippen LogP contribution in [0.3, 0.4) is 0 Å². The largest absolute Gasteiger partial charge is 0.459 e. The Balaban J connectivity index is 2.65. The van der Waals surface area contributed by atoms with E-state index in [1.807, 2.05) is 33.8 Å². The van der Waals surface area contributed by atoms with Crippen molar-refractivity contribution in [1.82, 2.24) is 4.57 Å². The van der Waals surface area contributed by atoms with Gasteiger partial charge in [0.1, 0.15) is 0 Å². The number of carbonyl (C=O) groups is 1. The first-order valence-electron chi connectivity index (χ1n) is 7.23. The predicted molar refractivity (Wildman–Crippen MR) is 83.6 cm³/mol. The molecule has 0 aliphatic rings. The summed E-state index contributed by atoms with van der Waals surface area (Å²) >= 11 is 0. The van der Waals surface area contributed by atoms with E-state index in [-0.39, 0.29) is 11.7 Å². The Morgan fingerprint density at radius 1 is 1.14 bits per heavy atom. The van der Waals surface area contributed by atoms with Gasteiger partial charge in [-0.05, 0) is 25.8 Å². The van der Waals surface area contributed by atoms with Crippen molar-refractivity contribution < 1.29 is 9.53 Å². The molecule has 1 heterocycles. The van der Waals surface area contributed by atoms with Gasteiger partial charge >= 0.3 is 5.97 Å². The highest BCUT2D eigenvalue weighted by atomic mass is 16.5. The van der Waals surface area contributed by atoms with E-state index in [1.165, 1.54) is 0 Å². The van der Waals surface area contributed by atoms with Crippen molar-refractivity contribution in [3.8, 4) is 0 Å². The van der Waals surface area contributed by atoms with E-state index in [9.17, 15) is 9.59 Å². The van der Waals surface area contributed by atoms with E-state index in [0.29, 0.717) is 28.8 Å². The van der Waals surface area contributed by atoms with Crippen LogP contribution in [0.25, 0.3) is 10.8 Å². The Bertz CT molecular complexity index is 714. The Morgan fingerprint density at radius 2 is 1.76 bits per heavy atom. The molecule has 0 saturated heterocycles. The Kier molecular flexibility index (Phi) is 4.46. The molecule has 0 radical (unpaired) electrons. The highest BCUT2D eigenvalue weighted by Crippen LogP contribution is 2.17. The number of rotatable bonds is 4. The van der Waals surface area contributed by atoms with Crippen LogP contribution >= 0.6 is 0 Å². The van der Waals surface area contributed by atoms with Gasteiger partial charge in [0.25, 0.3) is 5.56 Å². The minimum atomic E-state index is -0.390. The van der Waals surface area contributed by atoms with Crippen LogP contribution in [0.2, 0.25) is 0 Å². The van der Waals surface area contributed by atoms with Crippen molar-refractivity contribution in [1.29, 1.82) is 0 Å². The van der Waals surface area contributed by atoms with Crippen LogP contribution in [0.5, 0.6) is 0 Å². The third-order valence-electron chi connectivity index (χ3n) is 3.12. The number of nitrogens with zero attached hydrogens (tertiary/aromatic N) is 1. The van der Waals surface area contributed by atoms with Gasteiger partial charge in [0, 0.05) is 23.5 Å². The third kappa shape index (κ3) is 3.32. The summed E-state index contributed by atoms with van der Waals surface area (Å²) < 4.78 is 6.89. The fourth-order valence-corrected chi connectivity index (χ4v) is 2.31. The van der Waals surface area contributed by atoms with Crippen LogP contribution in [0.4, 0.5) is 0 Å². The molecule has 112 valence electrons. The molecule has 0 aliphatic carbocycles. The van der Waals surface area contributed by atoms with Crippen molar-refractivity contribution in [2.24, 2.45) is 5.92 Å². The summed E-state index contributed by atoms with van der Waals surface area (Å²) in [5, 5.41) is 1.20. The van der Waals surface area contributed by atoms with Crippen LogP contribution in [0.1, 0.15) is 38.1 Å². The maximum Gasteiger partial charge on any atom is 0.340 e. The number of aromatic nitrogens is 1. The summed E-state index contributed by atoms with van der Waals surface area (Å²) in [6.45, 7) is 8.27. The van der Waals surface area contributed by atoms with Gasteiger partial charge in [-0.3, -0.25) is 4.79 Å². The van der Waals surface area contributed by atoms with Gasteiger partial charge in [0.15, 0.2) is 0 Å². The summed E-state index contributed by atoms with van der Waals surface area (Å²) in [5.74, 6) is -0.0727. The lowest BCUT2D eigenvalue weighted by Gasteiger charge is -2.14. The van der Waals surface area contributed by atoms with E-state index in [0.717, 1.165) is 0 Å². The number of esters is 1. The number of carbonyl (C=O) groups excluding carboxylic acids is 1. The molecule has 0 atom stereocenters. The quantitative estimate of drug-likeness (QED) is 0.811. The molecule has 0 unspecified atom stereocenters. The van der Waals surface area contributed by atoms with Crippen molar-refractivity contribution >= 4 is 16.7 Å². The van der Waals surface area contributed by atoms with E-state index in [4.69, 9.17) is 4.74 Å². The molecule has 4 heteroatoms. The van der Waals surface area contributed by atoms with Crippen LogP contribution < -0.4 is 5.56 Å². The Hall–Kier alpha value is -2.10. The standard InChI is InChI=1S/C17H21NO3/c1-11(2)9-18-10-15(17(20)21-12(3)4)13-7-5-6-8-14(13)16(18)19/h5-8,10-12H,9H2,1-4H3. The predicted octanol–water partition coefficient (Wildman–Crippen LogP) is 3.22. The molecule has 2 rings (SSSR count). The van der Waals surface area contributed by atoms with Crippen molar-refractivity contribution in [2.45, 2.75) is 40.3 Å². The minimum Gasteiger partial charge on any atom is -0.459 e. The Labute approximate surface area is 124 Å². The van der Waals surface area contributed by atoms with Gasteiger partial charge in [-0.25, -0.2) is 4.79 Å². The topological polar surface area (TPSA) is 48.3 Å². The van der Waals surface area contributed by atoms with E-state index in [1.54, 1.807) is 29.0 Å². The van der Waals surface area contributed by atoms with Gasteiger partial charge in [0.2, 0.25) is 0 Å². The van der Waals surface area contributed by atoms with Crippen LogP contribution in [0, 0.1) is 5.92 Å². The van der Waals surface area contributed by atoms with Gasteiger partial charge in [-0.2, -0.15) is 0 Å². The summed E-state index contributed by atoms with van der Waals surface area (Å²) in [4.78, 5) is 24.8. The number of hydrogen-bond donors (Lipinski definition) is 0. The first-order valence-corrected chi connectivity index (χ1v) is 7.23. The van der Waals surface area contributed by atoms with Gasteiger partial charge in [-0.15, -0.1) is 0 Å². The zero-order valence-electron chi connectivity index (χ0n) is 12.9. The summed E-state index contributed by atoms with van der Waals surface area (Å²) in [6, 6.07) is 7.16. The average Bonchev–Trinajstić information content (AvgIpc) is 2.40. The molecular weight excluding hydrogens is 266 g/mol. The van der Waals surface area contributed by atoms with Crippen molar-refractivity contribution in [3.63, 3.8) is 0 Å². The fourth-order valence-electron chi connectivity index (χ4n) is 2.31. The molecule has 0 saturated carbocycles. The lowest BCUT2D eigenvalue weighted by molar-refractivity contribution is 0.0379. The monoisotopic (exact) mass is 287 g/mol. The molecule has 0 bridgehead atoms. The molecule has 1 aromatic heterocycles. The number of pyridine rings is 1. The first-order chi connectivity index (χ1) is 9.90. The molecule has 1 aromatic carbocycles. The van der Waals surface area contributed by atoms with Crippen LogP contribution in [-0.4, -0.2) is 16.6 Å². The maximum atomic E-state index is 12.5. The molecule has 0 spiro atoms. The van der Waals surface area contributed by atoms with Gasteiger partial charge in [-0.1, -0.05) is 32.0 Å². The lowest BCUT2D eigenvalue weighted by atomic mass is 10.1. The molecule has 0 N–H and O–H groups in total. The highest BCUT2D eigenvalue weighted by Gasteiger charge is 2.17. The second-order valence-electron chi connectivity index (χ2n) is 5.89. The number of fused-ring (bicyclic) bond motifs is 1. The highest BCUT2D eigenvalue weighted by molar-refractivity contribution is 6.03. The average molecular weight is 287 g/mol. The molecule has 0 amide bonds. The summed E-state index contributed by atoms with van der Waals surface area (Å²) in [7, 11) is 0. The Morgan fingerprint density at radius 3 is 2.33 bits per heavy atom. The van der Waals surface area contributed by atoms with Gasteiger partial charge < -0.3 is 9.30 Å². The SMILES string of the molecule is CC(C)Cn1cc(C(=O)OC(C)C)c2ccccc2c1=O. The zero-order valence-corrected chi connectivity index (χ0v) is 12.9. The fraction of sp³-hybridized carbons (Fsp3) is 0.412. The smallest absolute Gasteiger partial charge is 0.340 e. The van der Waals surface area contributed by atoms with Crippen LogP contribution in [-0.2, 0) is 11.3 Å². The van der Waals surface area contributed by atoms with Crippen LogP contribution in [0.15, 0.2) is 35.3 Å². The lowest BCUT2D eigenvalue weighted by Crippen LogP contribution is -2.25. The maximum absolute atomic E-state index is 12.5. The molecule has 2 aromatic rings. The molecule has 4 nitrogen and oxygen atoms in total. The van der Waals surface area contributed by atoms with Crippen molar-refractivity contribution in [2.75, 3.05) is 0 Å². The minimum absolute atomic E-state index is 0.0691. The summed E-state index contributed by atoms with van der Waals surface area (Å²) in [5.41, 5.74) is 0.375. The number of hydrogen-bond acceptors (Lipinski definition) is 3. The van der Waals surface area contributed by atoms with Gasteiger partial charge in [0.05, 0.1) is 11.7 Å². The van der Waals surface area contributed by atoms with Crippen molar-refractivity contribution in [3.05, 3.63) is 46.4 Å². The molecule has 0 fully saturated rings. The third-order valence-corrected chi connectivity index (χ3v) is 3.12. The molecule has 0 aliphatic heterocycles. The zero-order chi connectivity index (χ0) is 15.6. The first kappa shape index (κ1) is 15.3. The number of ether oxygens (including phenoxy) is 1. The summed E-state index contributed by atoms with van der Waals surface area (Å²) in [6.07, 6.45) is 1.43.